The first kappa shape index (κ1) is 9.93. The second-order valence-corrected chi connectivity index (χ2v) is 3.94. The first-order valence-electron chi connectivity index (χ1n) is 4.57. The van der Waals surface area contributed by atoms with Gasteiger partial charge in [0.15, 0.2) is 5.76 Å². The summed E-state index contributed by atoms with van der Waals surface area (Å²) in [7, 11) is 0. The van der Waals surface area contributed by atoms with E-state index < -0.39 is 0 Å². The molecule has 15 heavy (non-hydrogen) atoms. The lowest BCUT2D eigenvalue weighted by Crippen LogP contribution is -1.89. The molecule has 2 nitrogen and oxygen atoms in total. The number of aryl methyl sites for hydroxylation is 1. The number of ketones is 1. The number of carbonyl (C=O) groups excluding carboxylic acids is 1. The van der Waals surface area contributed by atoms with Crippen LogP contribution in [0.2, 0.25) is 0 Å². The molecular weight excluding hydrogens is 208 g/mol. The van der Waals surface area contributed by atoms with Gasteiger partial charge >= 0.3 is 0 Å². The van der Waals surface area contributed by atoms with Crippen molar-refractivity contribution in [1.82, 2.24) is 0 Å². The number of hydrogen-bond donors (Lipinski definition) is 0. The molecule has 2 aromatic heterocycles. The van der Waals surface area contributed by atoms with Gasteiger partial charge in [0.1, 0.15) is 5.76 Å². The lowest BCUT2D eigenvalue weighted by molar-refractivity contribution is 0.102. The van der Waals surface area contributed by atoms with E-state index in [9.17, 15) is 4.79 Å². The number of hydrogen-bond acceptors (Lipinski definition) is 3. The Morgan fingerprint density at radius 1 is 1.40 bits per heavy atom. The van der Waals surface area contributed by atoms with Gasteiger partial charge in [0.05, 0.1) is 0 Å². The number of carbonyl (C=O) groups is 1. The molecule has 0 aliphatic carbocycles. The van der Waals surface area contributed by atoms with Gasteiger partial charge in [-0.3, -0.25) is 4.79 Å². The molecule has 0 N–H and O–H groups in total. The van der Waals surface area contributed by atoms with Gasteiger partial charge in [0, 0.05) is 0 Å². The minimum Gasteiger partial charge on any atom is -0.458 e. The Balaban J connectivity index is 2.10. The number of thiophene rings is 1. The average Bonchev–Trinajstić information content (AvgIpc) is 2.84. The van der Waals surface area contributed by atoms with E-state index in [1.54, 1.807) is 29.5 Å². The van der Waals surface area contributed by atoms with Crippen LogP contribution in [0.4, 0.5) is 0 Å². The van der Waals surface area contributed by atoms with Gasteiger partial charge in [0.2, 0.25) is 5.78 Å². The van der Waals surface area contributed by atoms with E-state index in [0.29, 0.717) is 5.76 Å². The Bertz CT molecular complexity index is 477. The fourth-order valence-corrected chi connectivity index (χ4v) is 1.82. The summed E-state index contributed by atoms with van der Waals surface area (Å²) in [6.07, 6.45) is 3.32. The largest absolute Gasteiger partial charge is 0.458 e. The van der Waals surface area contributed by atoms with E-state index in [1.807, 2.05) is 23.8 Å². The maximum Gasteiger partial charge on any atom is 0.221 e. The fraction of sp³-hybridized carbons (Fsp3) is 0.0833. The van der Waals surface area contributed by atoms with E-state index in [1.165, 1.54) is 6.08 Å². The number of allylic oxidation sites excluding steroid dienone is 1. The van der Waals surface area contributed by atoms with Crippen molar-refractivity contribution in [3.05, 3.63) is 52.1 Å². The van der Waals surface area contributed by atoms with Crippen LogP contribution >= 0.6 is 11.3 Å². The molecule has 0 amide bonds. The molecule has 0 aliphatic heterocycles. The van der Waals surface area contributed by atoms with Crippen molar-refractivity contribution in [2.75, 3.05) is 0 Å². The van der Waals surface area contributed by atoms with E-state index in [0.717, 1.165) is 11.3 Å². The van der Waals surface area contributed by atoms with E-state index >= 15 is 0 Å². The van der Waals surface area contributed by atoms with Crippen molar-refractivity contribution >= 4 is 23.2 Å². The molecular formula is C12H10O2S. The molecule has 0 fully saturated rings. The lowest BCUT2D eigenvalue weighted by Gasteiger charge is -1.88. The van der Waals surface area contributed by atoms with E-state index in [-0.39, 0.29) is 5.78 Å². The minimum absolute atomic E-state index is 0.102. The van der Waals surface area contributed by atoms with Crippen LogP contribution in [-0.4, -0.2) is 5.78 Å². The molecule has 0 spiro atoms. The zero-order chi connectivity index (χ0) is 10.7. The predicted octanol–water partition coefficient (Wildman–Crippen LogP) is 3.55. The third-order valence-electron chi connectivity index (χ3n) is 1.95. The second-order valence-electron chi connectivity index (χ2n) is 3.16. The van der Waals surface area contributed by atoms with Gasteiger partial charge in [-0.15, -0.1) is 0 Å². The van der Waals surface area contributed by atoms with E-state index in [4.69, 9.17) is 4.42 Å². The third-order valence-corrected chi connectivity index (χ3v) is 2.66. The smallest absolute Gasteiger partial charge is 0.221 e. The molecule has 0 saturated heterocycles. The Labute approximate surface area is 91.9 Å². The summed E-state index contributed by atoms with van der Waals surface area (Å²) in [4.78, 5) is 11.6. The molecule has 2 aromatic rings. The highest BCUT2D eigenvalue weighted by Crippen LogP contribution is 2.11. The standard InChI is InChI=1S/C12H10O2S/c1-9-2-5-12(14-9)11(13)4-3-10-6-7-15-8-10/h2-8H,1H3/b4-3+. The SMILES string of the molecule is Cc1ccc(C(=O)/C=C/c2ccsc2)o1. The summed E-state index contributed by atoms with van der Waals surface area (Å²) >= 11 is 1.61. The zero-order valence-corrected chi connectivity index (χ0v) is 9.08. The number of rotatable bonds is 3. The van der Waals surface area contributed by atoms with Crippen LogP contribution < -0.4 is 0 Å². The Morgan fingerprint density at radius 2 is 2.27 bits per heavy atom. The van der Waals surface area contributed by atoms with Crippen LogP contribution in [0.5, 0.6) is 0 Å². The van der Waals surface area contributed by atoms with Gasteiger partial charge in [-0.1, -0.05) is 6.08 Å². The maximum absolute atomic E-state index is 11.6. The number of furan rings is 1. The highest BCUT2D eigenvalue weighted by molar-refractivity contribution is 7.08. The van der Waals surface area contributed by atoms with Gasteiger partial charge < -0.3 is 4.42 Å². The predicted molar refractivity (Wildman–Crippen MR) is 61.1 cm³/mol. The van der Waals surface area contributed by atoms with Crippen molar-refractivity contribution in [3.63, 3.8) is 0 Å². The Hall–Kier alpha value is -1.61. The summed E-state index contributed by atoms with van der Waals surface area (Å²) in [5.41, 5.74) is 1.04. The molecule has 0 radical (unpaired) electrons. The first-order valence-corrected chi connectivity index (χ1v) is 5.51. The van der Waals surface area contributed by atoms with Gasteiger partial charge in [-0.2, -0.15) is 11.3 Å². The molecule has 2 heterocycles. The van der Waals surface area contributed by atoms with Gasteiger partial charge in [0.25, 0.3) is 0 Å². The maximum atomic E-state index is 11.6. The third kappa shape index (κ3) is 2.44. The highest BCUT2D eigenvalue weighted by atomic mass is 32.1. The van der Waals surface area contributed by atoms with Crippen LogP contribution in [0.25, 0.3) is 6.08 Å². The molecule has 0 atom stereocenters. The molecule has 0 unspecified atom stereocenters. The minimum atomic E-state index is -0.102. The lowest BCUT2D eigenvalue weighted by atomic mass is 10.2. The molecule has 76 valence electrons. The molecule has 3 heteroatoms. The molecule has 0 aliphatic rings. The summed E-state index contributed by atoms with van der Waals surface area (Å²) in [5.74, 6) is 1.04. The first-order chi connectivity index (χ1) is 7.25. The summed E-state index contributed by atoms with van der Waals surface area (Å²) in [6.45, 7) is 1.82. The summed E-state index contributed by atoms with van der Waals surface area (Å²) in [5, 5.41) is 3.96. The summed E-state index contributed by atoms with van der Waals surface area (Å²) in [6, 6.07) is 5.43. The Morgan fingerprint density at radius 3 is 2.87 bits per heavy atom. The molecule has 2 rings (SSSR count). The average molecular weight is 218 g/mol. The van der Waals surface area contributed by atoms with Gasteiger partial charge in [-0.05, 0) is 47.5 Å². The highest BCUT2D eigenvalue weighted by Gasteiger charge is 2.05. The molecule has 0 aromatic carbocycles. The van der Waals surface area contributed by atoms with Crippen LogP contribution in [0.15, 0.2) is 39.5 Å². The van der Waals surface area contributed by atoms with Crippen molar-refractivity contribution in [3.8, 4) is 0 Å². The summed E-state index contributed by atoms with van der Waals surface area (Å²) < 4.78 is 5.22. The normalized spacial score (nSPS) is 11.0. The Kier molecular flexibility index (Phi) is 2.83. The molecule has 0 bridgehead atoms. The van der Waals surface area contributed by atoms with Crippen LogP contribution in [-0.2, 0) is 0 Å². The van der Waals surface area contributed by atoms with Crippen molar-refractivity contribution in [2.45, 2.75) is 6.92 Å². The monoisotopic (exact) mass is 218 g/mol. The van der Waals surface area contributed by atoms with E-state index in [2.05, 4.69) is 0 Å². The molecule has 0 saturated carbocycles. The zero-order valence-electron chi connectivity index (χ0n) is 8.27. The van der Waals surface area contributed by atoms with Crippen molar-refractivity contribution < 1.29 is 9.21 Å². The van der Waals surface area contributed by atoms with Crippen LogP contribution in [0.3, 0.4) is 0 Å². The van der Waals surface area contributed by atoms with Crippen LogP contribution in [0.1, 0.15) is 21.9 Å². The van der Waals surface area contributed by atoms with Crippen LogP contribution in [0, 0.1) is 6.92 Å². The van der Waals surface area contributed by atoms with Crippen molar-refractivity contribution in [1.29, 1.82) is 0 Å². The second kappa shape index (κ2) is 4.28. The topological polar surface area (TPSA) is 30.2 Å². The fourth-order valence-electron chi connectivity index (χ4n) is 1.19. The van der Waals surface area contributed by atoms with Gasteiger partial charge in [-0.25, -0.2) is 0 Å². The quantitative estimate of drug-likeness (QED) is 0.582. The van der Waals surface area contributed by atoms with Crippen molar-refractivity contribution in [2.24, 2.45) is 0 Å².